The van der Waals surface area contributed by atoms with Gasteiger partial charge in [0.25, 0.3) is 0 Å². The van der Waals surface area contributed by atoms with Crippen molar-refractivity contribution in [3.8, 4) is 0 Å². The molecule has 6 heteroatoms. The Bertz CT molecular complexity index is 878. The number of hydrogen-bond donors (Lipinski definition) is 3. The fourth-order valence-electron chi connectivity index (χ4n) is 5.47. The summed E-state index contributed by atoms with van der Waals surface area (Å²) in [6.07, 6.45) is 5.05. The third-order valence-electron chi connectivity index (χ3n) is 6.94. The zero-order valence-corrected chi connectivity index (χ0v) is 16.4. The molecule has 2 aliphatic rings. The van der Waals surface area contributed by atoms with E-state index >= 15 is 0 Å². The Morgan fingerprint density at radius 3 is 2.78 bits per heavy atom. The normalized spacial score (nSPS) is 35.3. The first-order chi connectivity index (χ1) is 12.7. The van der Waals surface area contributed by atoms with Gasteiger partial charge in [-0.1, -0.05) is 13.0 Å². The summed E-state index contributed by atoms with van der Waals surface area (Å²) in [7, 11) is 0. The molecule has 0 aliphatic heterocycles. The summed E-state index contributed by atoms with van der Waals surface area (Å²) in [5, 5.41) is 34.6. The summed E-state index contributed by atoms with van der Waals surface area (Å²) >= 11 is 1.38. The van der Waals surface area contributed by atoms with Gasteiger partial charge in [-0.25, -0.2) is 9.78 Å². The molecule has 1 saturated carbocycles. The minimum absolute atomic E-state index is 0.208. The van der Waals surface area contributed by atoms with Crippen LogP contribution in [-0.4, -0.2) is 31.9 Å². The molecule has 4 atom stereocenters. The number of fused-ring (bicyclic) bond motifs is 3. The van der Waals surface area contributed by atoms with Crippen LogP contribution in [0.25, 0.3) is 0 Å². The highest BCUT2D eigenvalue weighted by atomic mass is 32.1. The summed E-state index contributed by atoms with van der Waals surface area (Å²) in [5.41, 5.74) is -0.450. The quantitative estimate of drug-likeness (QED) is 0.750. The van der Waals surface area contributed by atoms with Gasteiger partial charge in [0.05, 0.1) is 11.2 Å². The number of benzene rings is 1. The number of aromatic carboxylic acids is 1. The van der Waals surface area contributed by atoms with E-state index in [1.165, 1.54) is 11.3 Å². The highest BCUT2D eigenvalue weighted by molar-refractivity contribution is 7.09. The lowest BCUT2D eigenvalue weighted by molar-refractivity contribution is -0.205. The lowest BCUT2D eigenvalue weighted by Crippen LogP contribution is -2.62. The number of aliphatic hydroxyl groups is 2. The topological polar surface area (TPSA) is 90.7 Å². The second-order valence-electron chi connectivity index (χ2n) is 8.27. The van der Waals surface area contributed by atoms with Crippen molar-refractivity contribution >= 4 is 17.3 Å². The number of carboxylic acid groups (broad SMARTS) is 1. The van der Waals surface area contributed by atoms with E-state index in [1.807, 2.05) is 11.4 Å². The Morgan fingerprint density at radius 2 is 2.15 bits per heavy atom. The Balaban J connectivity index is 1.82. The largest absolute Gasteiger partial charge is 0.478 e. The van der Waals surface area contributed by atoms with Crippen LogP contribution < -0.4 is 0 Å². The van der Waals surface area contributed by atoms with Crippen LogP contribution in [-0.2, 0) is 17.4 Å². The van der Waals surface area contributed by atoms with Crippen LogP contribution in [0.5, 0.6) is 0 Å². The van der Waals surface area contributed by atoms with Gasteiger partial charge in [-0.05, 0) is 68.2 Å². The molecule has 3 N–H and O–H groups in total. The maximum Gasteiger partial charge on any atom is 0.335 e. The molecular weight excluding hydrogens is 362 g/mol. The Hall–Kier alpha value is -1.76. The number of carbonyl (C=O) groups is 1. The third-order valence-corrected chi connectivity index (χ3v) is 7.87. The summed E-state index contributed by atoms with van der Waals surface area (Å²) < 4.78 is 0. The Kier molecular flexibility index (Phi) is 4.22. The van der Waals surface area contributed by atoms with Crippen LogP contribution in [0.15, 0.2) is 29.8 Å². The van der Waals surface area contributed by atoms with Crippen molar-refractivity contribution in [2.24, 2.45) is 5.92 Å². The predicted octanol–water partition coefficient (Wildman–Crippen LogP) is 3.48. The number of nitrogens with zero attached hydrogens (tertiary/aromatic N) is 1. The van der Waals surface area contributed by atoms with Crippen LogP contribution in [0, 0.1) is 5.92 Å². The van der Waals surface area contributed by atoms with E-state index in [4.69, 9.17) is 0 Å². The molecule has 0 saturated heterocycles. The lowest BCUT2D eigenvalue weighted by atomic mass is 9.49. The van der Waals surface area contributed by atoms with Gasteiger partial charge in [0, 0.05) is 17.0 Å². The molecule has 0 spiro atoms. The number of rotatable bonds is 3. The predicted molar refractivity (Wildman–Crippen MR) is 103 cm³/mol. The van der Waals surface area contributed by atoms with Crippen molar-refractivity contribution in [1.82, 2.24) is 4.98 Å². The average molecular weight is 388 g/mol. The van der Waals surface area contributed by atoms with E-state index in [0.717, 1.165) is 30.4 Å². The molecule has 1 fully saturated rings. The van der Waals surface area contributed by atoms with Crippen molar-refractivity contribution in [3.05, 3.63) is 51.5 Å². The number of hydrogen-bond acceptors (Lipinski definition) is 5. The number of carboxylic acids is 1. The fraction of sp³-hybridized carbons (Fsp3) is 0.524. The molecule has 5 nitrogen and oxygen atoms in total. The average Bonchev–Trinajstić information content (AvgIpc) is 3.17. The molecule has 1 aromatic carbocycles. The number of aromatic nitrogens is 1. The van der Waals surface area contributed by atoms with Gasteiger partial charge in [-0.15, -0.1) is 11.3 Å². The molecule has 4 unspecified atom stereocenters. The first kappa shape index (κ1) is 18.6. The van der Waals surface area contributed by atoms with Gasteiger partial charge < -0.3 is 15.3 Å². The van der Waals surface area contributed by atoms with Crippen molar-refractivity contribution < 1.29 is 20.1 Å². The van der Waals surface area contributed by atoms with Crippen molar-refractivity contribution in [2.75, 3.05) is 0 Å². The van der Waals surface area contributed by atoms with Gasteiger partial charge >= 0.3 is 5.97 Å². The Labute approximate surface area is 162 Å². The van der Waals surface area contributed by atoms with Gasteiger partial charge in [-0.3, -0.25) is 0 Å². The molecule has 27 heavy (non-hydrogen) atoms. The monoisotopic (exact) mass is 387 g/mol. The first-order valence-electron chi connectivity index (χ1n) is 9.45. The van der Waals surface area contributed by atoms with E-state index in [1.54, 1.807) is 25.3 Å². The summed E-state index contributed by atoms with van der Waals surface area (Å²) in [5.74, 6) is -0.709. The zero-order valence-electron chi connectivity index (χ0n) is 15.6. The molecule has 2 aliphatic carbocycles. The number of aryl methyl sites for hydroxylation is 1. The highest BCUT2D eigenvalue weighted by Crippen LogP contribution is 2.60. The molecule has 2 aromatic rings. The second kappa shape index (κ2) is 6.12. The van der Waals surface area contributed by atoms with Crippen molar-refractivity contribution in [3.63, 3.8) is 0 Å². The van der Waals surface area contributed by atoms with Gasteiger partial charge in [0.15, 0.2) is 0 Å². The minimum Gasteiger partial charge on any atom is -0.478 e. The van der Waals surface area contributed by atoms with Gasteiger partial charge in [0.1, 0.15) is 10.6 Å². The lowest BCUT2D eigenvalue weighted by Gasteiger charge is -2.58. The molecule has 1 aromatic heterocycles. The van der Waals surface area contributed by atoms with Gasteiger partial charge in [0.2, 0.25) is 0 Å². The minimum atomic E-state index is -1.36. The molecule has 0 amide bonds. The highest BCUT2D eigenvalue weighted by Gasteiger charge is 2.61. The zero-order chi connectivity index (χ0) is 19.4. The van der Waals surface area contributed by atoms with E-state index in [0.29, 0.717) is 23.4 Å². The van der Waals surface area contributed by atoms with Gasteiger partial charge in [-0.2, -0.15) is 0 Å². The Morgan fingerprint density at radius 1 is 1.37 bits per heavy atom. The number of thiazole rings is 1. The molecular formula is C21H25NO4S. The summed E-state index contributed by atoms with van der Waals surface area (Å²) in [4.78, 5) is 15.7. The fourth-order valence-corrected chi connectivity index (χ4v) is 6.34. The molecule has 4 rings (SSSR count). The second-order valence-corrected chi connectivity index (χ2v) is 9.17. The summed E-state index contributed by atoms with van der Waals surface area (Å²) in [6, 6.07) is 5.37. The van der Waals surface area contributed by atoms with E-state index < -0.39 is 17.2 Å². The van der Waals surface area contributed by atoms with Crippen molar-refractivity contribution in [2.45, 2.75) is 62.6 Å². The summed E-state index contributed by atoms with van der Waals surface area (Å²) in [6.45, 7) is 3.83. The van der Waals surface area contributed by atoms with E-state index in [2.05, 4.69) is 11.9 Å². The van der Waals surface area contributed by atoms with Crippen LogP contribution in [0.4, 0.5) is 0 Å². The van der Waals surface area contributed by atoms with Crippen LogP contribution in [0.2, 0.25) is 0 Å². The van der Waals surface area contributed by atoms with Crippen LogP contribution >= 0.6 is 11.3 Å². The van der Waals surface area contributed by atoms with Crippen LogP contribution in [0.1, 0.15) is 66.0 Å². The standard InChI is InChI=1S/C21H25NO4S/c1-3-20-12-19(2,25)21(26,18-22-8-9-27-18)11-15(20)6-4-13-10-14(17(23)24)5-7-16(13)20/h5,7-10,15,25-26H,3-4,6,11-12H2,1-2H3,(H,23,24). The van der Waals surface area contributed by atoms with E-state index in [-0.39, 0.29) is 11.3 Å². The molecule has 0 bridgehead atoms. The third kappa shape index (κ3) is 2.57. The maximum absolute atomic E-state index is 11.5. The van der Waals surface area contributed by atoms with E-state index in [9.17, 15) is 20.1 Å². The maximum atomic E-state index is 11.5. The molecule has 0 radical (unpaired) electrons. The SMILES string of the molecule is CCC12CC(C)(O)C(O)(c3nccs3)CC1CCc1cc(C(=O)O)ccc12. The first-order valence-corrected chi connectivity index (χ1v) is 10.3. The smallest absolute Gasteiger partial charge is 0.335 e. The van der Waals surface area contributed by atoms with Crippen LogP contribution in [0.3, 0.4) is 0 Å². The molecule has 144 valence electrons. The molecule has 1 heterocycles. The van der Waals surface area contributed by atoms with Crippen molar-refractivity contribution in [1.29, 1.82) is 0 Å².